The summed E-state index contributed by atoms with van der Waals surface area (Å²) in [5.41, 5.74) is 0.496. The van der Waals surface area contributed by atoms with Crippen molar-refractivity contribution < 1.29 is 14.7 Å². The Bertz CT molecular complexity index is 634. The van der Waals surface area contributed by atoms with Gasteiger partial charge in [-0.3, -0.25) is 4.79 Å². The molecule has 0 bridgehead atoms. The SMILES string of the molecule is C=CC(=O)N[C@@H](NC(=S)Nc1cccc(C(=O)O)c1)C(Cl)(Cl)Cl. The van der Waals surface area contributed by atoms with Crippen LogP contribution in [0.25, 0.3) is 0 Å². The summed E-state index contributed by atoms with van der Waals surface area (Å²) in [6, 6.07) is 5.95. The quantitative estimate of drug-likeness (QED) is 0.265. The van der Waals surface area contributed by atoms with Gasteiger partial charge in [-0.05, 0) is 36.5 Å². The number of hydrogen-bond donors (Lipinski definition) is 4. The Labute approximate surface area is 152 Å². The maximum absolute atomic E-state index is 11.4. The summed E-state index contributed by atoms with van der Waals surface area (Å²) in [4.78, 5) is 22.3. The van der Waals surface area contributed by atoms with Crippen molar-refractivity contribution in [1.29, 1.82) is 0 Å². The Balaban J connectivity index is 2.79. The number of thiocarbonyl (C=S) groups is 1. The highest BCUT2D eigenvalue weighted by molar-refractivity contribution is 7.80. The topological polar surface area (TPSA) is 90.5 Å². The second kappa shape index (κ2) is 8.35. The van der Waals surface area contributed by atoms with Gasteiger partial charge in [-0.1, -0.05) is 47.4 Å². The van der Waals surface area contributed by atoms with Gasteiger partial charge in [0.1, 0.15) is 6.17 Å². The highest BCUT2D eigenvalue weighted by Gasteiger charge is 2.34. The zero-order chi connectivity index (χ0) is 17.6. The van der Waals surface area contributed by atoms with Crippen molar-refractivity contribution in [2.75, 3.05) is 5.32 Å². The highest BCUT2D eigenvalue weighted by atomic mass is 35.6. The molecule has 0 aliphatic carbocycles. The van der Waals surface area contributed by atoms with Crippen molar-refractivity contribution in [3.8, 4) is 0 Å². The summed E-state index contributed by atoms with van der Waals surface area (Å²) in [5.74, 6) is -1.64. The van der Waals surface area contributed by atoms with Crippen molar-refractivity contribution in [3.63, 3.8) is 0 Å². The molecule has 124 valence electrons. The molecule has 0 saturated heterocycles. The second-order valence-electron chi connectivity index (χ2n) is 4.17. The van der Waals surface area contributed by atoms with Gasteiger partial charge in [0.05, 0.1) is 5.56 Å². The van der Waals surface area contributed by atoms with E-state index in [0.717, 1.165) is 6.08 Å². The molecule has 1 atom stereocenters. The third kappa shape index (κ3) is 6.62. The molecular weight excluding hydrogens is 385 g/mol. The number of aromatic carboxylic acids is 1. The molecule has 1 aromatic rings. The third-order valence-electron chi connectivity index (χ3n) is 2.44. The summed E-state index contributed by atoms with van der Waals surface area (Å²) in [6.45, 7) is 3.30. The Morgan fingerprint density at radius 3 is 2.48 bits per heavy atom. The number of alkyl halides is 3. The number of amides is 1. The van der Waals surface area contributed by atoms with Crippen LogP contribution in [0, 0.1) is 0 Å². The lowest BCUT2D eigenvalue weighted by atomic mass is 10.2. The fourth-order valence-corrected chi connectivity index (χ4v) is 1.99. The highest BCUT2D eigenvalue weighted by Crippen LogP contribution is 2.29. The number of benzene rings is 1. The largest absolute Gasteiger partial charge is 0.478 e. The van der Waals surface area contributed by atoms with Gasteiger partial charge in [0.2, 0.25) is 9.70 Å². The normalized spacial score (nSPS) is 12.0. The molecule has 0 heterocycles. The Hall–Kier alpha value is -1.54. The number of carbonyl (C=O) groups is 2. The molecule has 1 rings (SSSR count). The zero-order valence-corrected chi connectivity index (χ0v) is 14.6. The fourth-order valence-electron chi connectivity index (χ4n) is 1.43. The van der Waals surface area contributed by atoms with Gasteiger partial charge in [0.15, 0.2) is 5.11 Å². The van der Waals surface area contributed by atoms with Crippen LogP contribution < -0.4 is 16.0 Å². The van der Waals surface area contributed by atoms with Crippen LogP contribution in [0.1, 0.15) is 10.4 Å². The number of nitrogens with one attached hydrogen (secondary N) is 3. The summed E-state index contributed by atoms with van der Waals surface area (Å²) in [7, 11) is 0. The second-order valence-corrected chi connectivity index (χ2v) is 6.95. The molecule has 4 N–H and O–H groups in total. The molecule has 0 aromatic heterocycles. The summed E-state index contributed by atoms with van der Waals surface area (Å²) >= 11 is 22.4. The van der Waals surface area contributed by atoms with Gasteiger partial charge in [0.25, 0.3) is 0 Å². The monoisotopic (exact) mass is 395 g/mol. The molecule has 0 radical (unpaired) electrons. The van der Waals surface area contributed by atoms with Crippen LogP contribution in [0.2, 0.25) is 0 Å². The first-order valence-electron chi connectivity index (χ1n) is 6.04. The molecule has 0 aliphatic heterocycles. The number of rotatable bonds is 5. The van der Waals surface area contributed by atoms with Crippen molar-refractivity contribution >= 4 is 69.7 Å². The van der Waals surface area contributed by atoms with Crippen LogP contribution in [0.5, 0.6) is 0 Å². The minimum absolute atomic E-state index is 0.0215. The van der Waals surface area contributed by atoms with Crippen LogP contribution in [-0.4, -0.2) is 32.1 Å². The van der Waals surface area contributed by atoms with Gasteiger partial charge in [-0.25, -0.2) is 4.79 Å². The average molecular weight is 397 g/mol. The minimum atomic E-state index is -1.88. The van der Waals surface area contributed by atoms with Gasteiger partial charge >= 0.3 is 5.97 Å². The van der Waals surface area contributed by atoms with E-state index in [2.05, 4.69) is 22.5 Å². The van der Waals surface area contributed by atoms with Crippen molar-refractivity contribution in [2.24, 2.45) is 0 Å². The number of hydrogen-bond acceptors (Lipinski definition) is 3. The lowest BCUT2D eigenvalue weighted by Crippen LogP contribution is -2.55. The number of carbonyl (C=O) groups excluding carboxylic acids is 1. The first kappa shape index (κ1) is 19.5. The smallest absolute Gasteiger partial charge is 0.335 e. The predicted molar refractivity (Wildman–Crippen MR) is 95.2 cm³/mol. The molecule has 0 spiro atoms. The van der Waals surface area contributed by atoms with E-state index in [1.807, 2.05) is 0 Å². The molecule has 0 aliphatic rings. The average Bonchev–Trinajstić information content (AvgIpc) is 2.45. The number of halogens is 3. The van der Waals surface area contributed by atoms with E-state index in [4.69, 9.17) is 52.1 Å². The fraction of sp³-hybridized carbons (Fsp3) is 0.154. The van der Waals surface area contributed by atoms with Crippen LogP contribution in [0.3, 0.4) is 0 Å². The van der Waals surface area contributed by atoms with Crippen LogP contribution in [-0.2, 0) is 4.79 Å². The van der Waals surface area contributed by atoms with Gasteiger partial charge < -0.3 is 21.1 Å². The van der Waals surface area contributed by atoms with Crippen molar-refractivity contribution in [3.05, 3.63) is 42.5 Å². The van der Waals surface area contributed by atoms with Crippen LogP contribution in [0.4, 0.5) is 5.69 Å². The lowest BCUT2D eigenvalue weighted by molar-refractivity contribution is -0.117. The van der Waals surface area contributed by atoms with Gasteiger partial charge in [0, 0.05) is 5.69 Å². The van der Waals surface area contributed by atoms with Gasteiger partial charge in [-0.15, -0.1) is 0 Å². The first-order chi connectivity index (χ1) is 10.6. The lowest BCUT2D eigenvalue weighted by Gasteiger charge is -2.27. The summed E-state index contributed by atoms with van der Waals surface area (Å²) in [5, 5.41) is 16.7. The first-order valence-corrected chi connectivity index (χ1v) is 7.58. The van der Waals surface area contributed by atoms with Crippen molar-refractivity contribution in [2.45, 2.75) is 9.96 Å². The maximum Gasteiger partial charge on any atom is 0.335 e. The molecular formula is C13H12Cl3N3O3S. The Morgan fingerprint density at radius 2 is 1.96 bits per heavy atom. The Kier molecular flexibility index (Phi) is 7.08. The molecule has 0 fully saturated rings. The summed E-state index contributed by atoms with van der Waals surface area (Å²) in [6.07, 6.45) is -0.113. The van der Waals surface area contributed by atoms with E-state index in [0.29, 0.717) is 5.69 Å². The van der Waals surface area contributed by atoms with E-state index in [9.17, 15) is 9.59 Å². The van der Waals surface area contributed by atoms with Crippen LogP contribution in [0.15, 0.2) is 36.9 Å². The zero-order valence-electron chi connectivity index (χ0n) is 11.5. The molecule has 23 heavy (non-hydrogen) atoms. The van der Waals surface area contributed by atoms with E-state index < -0.39 is 21.8 Å². The predicted octanol–water partition coefficient (Wildman–Crippen LogP) is 2.67. The molecule has 6 nitrogen and oxygen atoms in total. The third-order valence-corrected chi connectivity index (χ3v) is 3.32. The minimum Gasteiger partial charge on any atom is -0.478 e. The number of carboxylic acid groups (broad SMARTS) is 1. The Morgan fingerprint density at radius 1 is 1.30 bits per heavy atom. The standard InChI is InChI=1S/C13H12Cl3N3O3S/c1-2-9(20)18-11(13(14,15)16)19-12(23)17-8-5-3-4-7(6-8)10(21)22/h2-6,11H,1H2,(H,18,20)(H,21,22)(H2,17,19,23)/t11-/m0/s1. The van der Waals surface area contributed by atoms with Crippen LogP contribution >= 0.6 is 47.0 Å². The molecule has 0 unspecified atom stereocenters. The molecule has 0 saturated carbocycles. The number of carboxylic acids is 1. The molecule has 1 aromatic carbocycles. The van der Waals surface area contributed by atoms with Crippen molar-refractivity contribution in [1.82, 2.24) is 10.6 Å². The van der Waals surface area contributed by atoms with E-state index >= 15 is 0 Å². The molecule has 10 heteroatoms. The molecule has 1 amide bonds. The number of anilines is 1. The van der Waals surface area contributed by atoms with E-state index in [1.165, 1.54) is 12.1 Å². The maximum atomic E-state index is 11.4. The van der Waals surface area contributed by atoms with Gasteiger partial charge in [-0.2, -0.15) is 0 Å². The summed E-state index contributed by atoms with van der Waals surface area (Å²) < 4.78 is -1.88. The van der Waals surface area contributed by atoms with E-state index in [-0.39, 0.29) is 10.7 Å². The van der Waals surface area contributed by atoms with E-state index in [1.54, 1.807) is 12.1 Å².